The van der Waals surface area contributed by atoms with E-state index in [9.17, 15) is 0 Å². The first kappa shape index (κ1) is 9.40. The summed E-state index contributed by atoms with van der Waals surface area (Å²) in [6.07, 6.45) is 5.33. The van der Waals surface area contributed by atoms with Gasteiger partial charge < -0.3 is 10.2 Å². The second-order valence-corrected chi connectivity index (χ2v) is 3.85. The van der Waals surface area contributed by atoms with E-state index < -0.39 is 0 Å². The molecule has 1 aromatic rings. The molecule has 1 unspecified atom stereocenters. The van der Waals surface area contributed by atoms with Gasteiger partial charge in [0.1, 0.15) is 6.33 Å². The van der Waals surface area contributed by atoms with Gasteiger partial charge in [-0.1, -0.05) is 6.92 Å². The molecule has 1 fully saturated rings. The van der Waals surface area contributed by atoms with Gasteiger partial charge in [-0.05, 0) is 12.5 Å². The van der Waals surface area contributed by atoms with Crippen LogP contribution in [0.15, 0.2) is 18.7 Å². The third-order valence-electron chi connectivity index (χ3n) is 2.50. The molecule has 1 aliphatic heterocycles. The number of aromatic nitrogens is 2. The maximum Gasteiger partial charge on any atom is 0.115 e. The minimum Gasteiger partial charge on any atom is -0.367 e. The van der Waals surface area contributed by atoms with E-state index in [1.807, 2.05) is 12.4 Å². The molecular weight excluding hydrogens is 176 g/mol. The van der Waals surface area contributed by atoms with Crippen molar-refractivity contribution in [3.05, 3.63) is 18.7 Å². The highest BCUT2D eigenvalue weighted by atomic mass is 15.2. The summed E-state index contributed by atoms with van der Waals surface area (Å²) in [4.78, 5) is 10.4. The molecule has 1 atom stereocenters. The molecule has 1 aliphatic rings. The van der Waals surface area contributed by atoms with Crippen molar-refractivity contribution in [3.8, 4) is 0 Å². The summed E-state index contributed by atoms with van der Waals surface area (Å²) in [5.74, 6) is 0.678. The van der Waals surface area contributed by atoms with Gasteiger partial charge in [0.05, 0.1) is 18.1 Å². The molecular formula is C10H16N4. The van der Waals surface area contributed by atoms with Gasteiger partial charge in [0.2, 0.25) is 0 Å². The number of anilines is 1. The van der Waals surface area contributed by atoms with E-state index in [0.29, 0.717) is 5.92 Å². The summed E-state index contributed by atoms with van der Waals surface area (Å²) >= 11 is 0. The minimum atomic E-state index is 0.678. The molecule has 4 nitrogen and oxygen atoms in total. The quantitative estimate of drug-likeness (QED) is 0.704. The van der Waals surface area contributed by atoms with Crippen molar-refractivity contribution in [2.24, 2.45) is 5.92 Å². The van der Waals surface area contributed by atoms with Crippen LogP contribution in [0.25, 0.3) is 0 Å². The summed E-state index contributed by atoms with van der Waals surface area (Å²) in [6, 6.07) is 0. The molecule has 2 heterocycles. The van der Waals surface area contributed by atoms with Gasteiger partial charge in [0.25, 0.3) is 0 Å². The molecule has 0 aromatic carbocycles. The van der Waals surface area contributed by atoms with Crippen molar-refractivity contribution >= 4 is 5.69 Å². The van der Waals surface area contributed by atoms with Crippen molar-refractivity contribution < 1.29 is 0 Å². The Bertz CT molecular complexity index is 275. The van der Waals surface area contributed by atoms with Crippen LogP contribution >= 0.6 is 0 Å². The predicted octanol–water partition coefficient (Wildman–Crippen LogP) is 0.522. The lowest BCUT2D eigenvalue weighted by atomic mass is 10.2. The standard InChI is InChI=1S/C10H16N4/c1-9-4-11-2-3-14(7-9)10-5-12-8-13-6-10/h5-6,8-9,11H,2-4,7H2,1H3. The number of nitrogens with zero attached hydrogens (tertiary/aromatic N) is 3. The molecule has 0 radical (unpaired) electrons. The van der Waals surface area contributed by atoms with Crippen LogP contribution in [0, 0.1) is 5.92 Å². The second kappa shape index (κ2) is 4.37. The molecule has 76 valence electrons. The van der Waals surface area contributed by atoms with E-state index in [4.69, 9.17) is 0 Å². The van der Waals surface area contributed by atoms with E-state index in [-0.39, 0.29) is 0 Å². The van der Waals surface area contributed by atoms with Gasteiger partial charge in [0, 0.05) is 19.6 Å². The van der Waals surface area contributed by atoms with Gasteiger partial charge in [-0.2, -0.15) is 0 Å². The Morgan fingerprint density at radius 1 is 1.43 bits per heavy atom. The number of hydrogen-bond acceptors (Lipinski definition) is 4. The van der Waals surface area contributed by atoms with E-state index >= 15 is 0 Å². The maximum absolute atomic E-state index is 4.04. The first-order valence-electron chi connectivity index (χ1n) is 5.07. The molecule has 4 heteroatoms. The predicted molar refractivity (Wildman–Crippen MR) is 56.3 cm³/mol. The summed E-state index contributed by atoms with van der Waals surface area (Å²) < 4.78 is 0. The van der Waals surface area contributed by atoms with E-state index in [0.717, 1.165) is 31.9 Å². The molecule has 1 saturated heterocycles. The zero-order chi connectivity index (χ0) is 9.80. The first-order chi connectivity index (χ1) is 6.86. The maximum atomic E-state index is 4.04. The van der Waals surface area contributed by atoms with Crippen LogP contribution < -0.4 is 10.2 Å². The average Bonchev–Trinajstić information content (AvgIpc) is 2.44. The minimum absolute atomic E-state index is 0.678. The van der Waals surface area contributed by atoms with Gasteiger partial charge in [-0.15, -0.1) is 0 Å². The van der Waals surface area contributed by atoms with Gasteiger partial charge in [0.15, 0.2) is 0 Å². The van der Waals surface area contributed by atoms with Crippen molar-refractivity contribution in [3.63, 3.8) is 0 Å². The number of rotatable bonds is 1. The zero-order valence-corrected chi connectivity index (χ0v) is 8.48. The van der Waals surface area contributed by atoms with Gasteiger partial charge in [-0.3, -0.25) is 0 Å². The average molecular weight is 192 g/mol. The molecule has 0 bridgehead atoms. The fourth-order valence-electron chi connectivity index (χ4n) is 1.78. The highest BCUT2D eigenvalue weighted by Crippen LogP contribution is 2.13. The molecule has 1 aromatic heterocycles. The fraction of sp³-hybridized carbons (Fsp3) is 0.600. The van der Waals surface area contributed by atoms with Crippen molar-refractivity contribution in [1.29, 1.82) is 0 Å². The van der Waals surface area contributed by atoms with Crippen LogP contribution in [0.1, 0.15) is 6.92 Å². The van der Waals surface area contributed by atoms with E-state index in [1.54, 1.807) is 6.33 Å². The van der Waals surface area contributed by atoms with Crippen LogP contribution in [-0.4, -0.2) is 36.1 Å². The van der Waals surface area contributed by atoms with Gasteiger partial charge >= 0.3 is 0 Å². The number of nitrogens with one attached hydrogen (secondary N) is 1. The molecule has 14 heavy (non-hydrogen) atoms. The Morgan fingerprint density at radius 2 is 2.21 bits per heavy atom. The Balaban J connectivity index is 2.09. The lowest BCUT2D eigenvalue weighted by Gasteiger charge is -2.23. The Kier molecular flexibility index (Phi) is 2.93. The SMILES string of the molecule is CC1CNCCN(c2cncnc2)C1. The zero-order valence-electron chi connectivity index (χ0n) is 8.48. The summed E-state index contributed by atoms with van der Waals surface area (Å²) in [5, 5.41) is 3.41. The second-order valence-electron chi connectivity index (χ2n) is 3.85. The molecule has 0 saturated carbocycles. The third-order valence-corrected chi connectivity index (χ3v) is 2.50. The van der Waals surface area contributed by atoms with Crippen molar-refractivity contribution in [2.75, 3.05) is 31.1 Å². The topological polar surface area (TPSA) is 41.0 Å². The Morgan fingerprint density at radius 3 is 3.00 bits per heavy atom. The van der Waals surface area contributed by atoms with Crippen LogP contribution in [-0.2, 0) is 0 Å². The molecule has 2 rings (SSSR count). The molecule has 0 aliphatic carbocycles. The third kappa shape index (κ3) is 2.20. The van der Waals surface area contributed by atoms with Gasteiger partial charge in [-0.25, -0.2) is 9.97 Å². The highest BCUT2D eigenvalue weighted by molar-refractivity contribution is 5.41. The lowest BCUT2D eigenvalue weighted by Crippen LogP contribution is -2.29. The smallest absolute Gasteiger partial charge is 0.115 e. The normalized spacial score (nSPS) is 23.2. The Hall–Kier alpha value is -1.16. The van der Waals surface area contributed by atoms with Crippen LogP contribution in [0.3, 0.4) is 0 Å². The first-order valence-corrected chi connectivity index (χ1v) is 5.07. The van der Waals surface area contributed by atoms with E-state index in [2.05, 4.69) is 27.1 Å². The Labute approximate surface area is 84.4 Å². The molecule has 0 amide bonds. The lowest BCUT2D eigenvalue weighted by molar-refractivity contribution is 0.563. The van der Waals surface area contributed by atoms with Crippen molar-refractivity contribution in [1.82, 2.24) is 15.3 Å². The summed E-state index contributed by atoms with van der Waals surface area (Å²) in [6.45, 7) is 6.52. The van der Waals surface area contributed by atoms with Crippen LogP contribution in [0.5, 0.6) is 0 Å². The molecule has 0 spiro atoms. The fourth-order valence-corrected chi connectivity index (χ4v) is 1.78. The van der Waals surface area contributed by atoms with Crippen LogP contribution in [0.4, 0.5) is 5.69 Å². The number of hydrogen-bond donors (Lipinski definition) is 1. The van der Waals surface area contributed by atoms with E-state index in [1.165, 1.54) is 0 Å². The highest BCUT2D eigenvalue weighted by Gasteiger charge is 2.14. The summed E-state index contributed by atoms with van der Waals surface area (Å²) in [5.41, 5.74) is 1.13. The van der Waals surface area contributed by atoms with Crippen molar-refractivity contribution in [2.45, 2.75) is 6.92 Å². The monoisotopic (exact) mass is 192 g/mol. The molecule has 1 N–H and O–H groups in total. The van der Waals surface area contributed by atoms with Crippen LogP contribution in [0.2, 0.25) is 0 Å². The largest absolute Gasteiger partial charge is 0.367 e. The summed E-state index contributed by atoms with van der Waals surface area (Å²) in [7, 11) is 0.